The van der Waals surface area contributed by atoms with Crippen LogP contribution in [0, 0.1) is 5.92 Å². The van der Waals surface area contributed by atoms with Crippen LogP contribution in [-0.4, -0.2) is 64.6 Å². The molecule has 4 rings (SSSR count). The number of carbonyl (C=O) groups is 2. The van der Waals surface area contributed by atoms with Crippen molar-refractivity contribution < 1.29 is 23.8 Å². The monoisotopic (exact) mass is 761 g/mol. The quantitative estimate of drug-likeness (QED) is 0.0671. The molecule has 0 spiro atoms. The third-order valence-electron chi connectivity index (χ3n) is 10.7. The molecular weight excluding hydrogens is 695 g/mol. The Morgan fingerprint density at radius 2 is 1.44 bits per heavy atom. The van der Waals surface area contributed by atoms with Gasteiger partial charge in [0.1, 0.15) is 17.8 Å². The van der Waals surface area contributed by atoms with Gasteiger partial charge in [0.2, 0.25) is 5.11 Å². The third kappa shape index (κ3) is 13.5. The van der Waals surface area contributed by atoms with Crippen molar-refractivity contribution in [3.8, 4) is 5.75 Å². The van der Waals surface area contributed by atoms with Crippen LogP contribution in [0.5, 0.6) is 5.75 Å². The van der Waals surface area contributed by atoms with Crippen molar-refractivity contribution in [1.29, 1.82) is 0 Å². The summed E-state index contributed by atoms with van der Waals surface area (Å²) < 4.78 is 18.3. The first-order valence-electron chi connectivity index (χ1n) is 21.0. The lowest BCUT2D eigenvalue weighted by molar-refractivity contribution is -0.151. The van der Waals surface area contributed by atoms with E-state index in [1.165, 1.54) is 81.1 Å². The molecule has 2 atom stereocenters. The maximum absolute atomic E-state index is 14.3. The van der Waals surface area contributed by atoms with Gasteiger partial charge in [-0.2, -0.15) is 0 Å². The van der Waals surface area contributed by atoms with Crippen molar-refractivity contribution in [3.63, 3.8) is 0 Å². The summed E-state index contributed by atoms with van der Waals surface area (Å²) in [6.07, 6.45) is 17.7. The number of unbranched alkanes of at least 4 members (excludes halogenated alkanes) is 12. The number of nitrogens with zero attached hydrogens (tertiary/aromatic N) is 3. The van der Waals surface area contributed by atoms with Crippen molar-refractivity contribution in [1.82, 2.24) is 9.80 Å². The number of esters is 1. The molecule has 2 unspecified atom stereocenters. The number of hydrogen-bond donors (Lipinski definition) is 0. The van der Waals surface area contributed by atoms with E-state index < -0.39 is 24.0 Å². The van der Waals surface area contributed by atoms with E-state index >= 15 is 0 Å². The zero-order chi connectivity index (χ0) is 38.7. The average molecular weight is 762 g/mol. The number of piperidine rings is 1. The number of benzene rings is 2. The highest BCUT2D eigenvalue weighted by Crippen LogP contribution is 2.43. The Morgan fingerprint density at radius 3 is 2.04 bits per heavy atom. The minimum atomic E-state index is -0.869. The number of thiocarbonyl (C=S) groups is 1. The first-order chi connectivity index (χ1) is 26.2. The van der Waals surface area contributed by atoms with E-state index in [1.807, 2.05) is 39.0 Å². The molecule has 0 aliphatic carbocycles. The molecule has 0 radical (unpaired) electrons. The lowest BCUT2D eigenvalue weighted by atomic mass is 9.83. The molecule has 9 heteroatoms. The van der Waals surface area contributed by atoms with E-state index in [1.54, 1.807) is 6.92 Å². The van der Waals surface area contributed by atoms with E-state index in [0.29, 0.717) is 30.9 Å². The van der Waals surface area contributed by atoms with Crippen LogP contribution in [-0.2, 0) is 27.2 Å². The second-order valence-corrected chi connectivity index (χ2v) is 15.8. The molecule has 54 heavy (non-hydrogen) atoms. The van der Waals surface area contributed by atoms with Gasteiger partial charge in [-0.15, -0.1) is 0 Å². The number of carbonyl (C=O) groups excluding carboxylic acids is 2. The molecule has 2 aliphatic rings. The minimum Gasteiger partial charge on any atom is -0.494 e. The van der Waals surface area contributed by atoms with Crippen molar-refractivity contribution >= 4 is 35.1 Å². The van der Waals surface area contributed by atoms with Gasteiger partial charge in [0.15, 0.2) is 0 Å². The summed E-state index contributed by atoms with van der Waals surface area (Å²) in [6, 6.07) is 15.6. The smallest absolute Gasteiger partial charge is 0.417 e. The van der Waals surface area contributed by atoms with E-state index in [2.05, 4.69) is 47.1 Å². The Labute approximate surface area is 331 Å². The maximum Gasteiger partial charge on any atom is 0.417 e. The standard InChI is InChI=1S/C45H67N3O5S/c1-6-8-9-10-11-12-13-14-15-16-17-18-22-26-37-27-23-28-39(51-7-2)41(37)42-40(43(49)52-34(3)4)35(5)46-44(54)48(42)45(50)53-38-29-31-47(32-30-38)33-36-24-20-19-21-25-36/h19-21,23-25,27-28,34,38,40,42H,6-18,22,26,29-33H2,1-5H3. The number of rotatable bonds is 22. The molecule has 2 heterocycles. The first kappa shape index (κ1) is 43.4. The highest BCUT2D eigenvalue weighted by molar-refractivity contribution is 7.80. The van der Waals surface area contributed by atoms with Gasteiger partial charge in [-0.05, 0) is 82.8 Å². The van der Waals surface area contributed by atoms with Crippen LogP contribution in [0.2, 0.25) is 0 Å². The van der Waals surface area contributed by atoms with Crippen LogP contribution in [0.1, 0.15) is 154 Å². The van der Waals surface area contributed by atoms with Gasteiger partial charge in [-0.3, -0.25) is 9.69 Å². The summed E-state index contributed by atoms with van der Waals surface area (Å²) in [5.74, 6) is -0.670. The molecule has 298 valence electrons. The summed E-state index contributed by atoms with van der Waals surface area (Å²) in [5.41, 5.74) is 3.62. The van der Waals surface area contributed by atoms with Gasteiger partial charge in [-0.25, -0.2) is 14.7 Å². The number of hydrogen-bond acceptors (Lipinski definition) is 7. The van der Waals surface area contributed by atoms with E-state index in [4.69, 9.17) is 26.4 Å². The highest BCUT2D eigenvalue weighted by atomic mass is 32.1. The number of ether oxygens (including phenoxy) is 3. The molecule has 1 fully saturated rings. The third-order valence-corrected chi connectivity index (χ3v) is 11.0. The Kier molecular flexibility index (Phi) is 19.0. The molecule has 1 saturated heterocycles. The normalized spacial score (nSPS) is 18.1. The molecule has 0 bridgehead atoms. The molecule has 1 amide bonds. The molecule has 2 aromatic rings. The van der Waals surface area contributed by atoms with Gasteiger partial charge in [0, 0.05) is 30.9 Å². The van der Waals surface area contributed by atoms with E-state index in [9.17, 15) is 9.59 Å². The van der Waals surface area contributed by atoms with Gasteiger partial charge < -0.3 is 14.2 Å². The molecule has 8 nitrogen and oxygen atoms in total. The van der Waals surface area contributed by atoms with Crippen LogP contribution in [0.3, 0.4) is 0 Å². The van der Waals surface area contributed by atoms with E-state index in [-0.39, 0.29) is 17.3 Å². The summed E-state index contributed by atoms with van der Waals surface area (Å²) in [6.45, 7) is 12.6. The van der Waals surface area contributed by atoms with Crippen LogP contribution in [0.25, 0.3) is 0 Å². The fourth-order valence-electron chi connectivity index (χ4n) is 7.85. The molecular formula is C45H67N3O5S. The fraction of sp³-hybridized carbons (Fsp3) is 0.644. The maximum atomic E-state index is 14.3. The van der Waals surface area contributed by atoms with Gasteiger partial charge in [0.05, 0.1) is 18.8 Å². The molecule has 2 aromatic carbocycles. The predicted molar refractivity (Wildman–Crippen MR) is 223 cm³/mol. The number of aryl methyl sites for hydroxylation is 1. The first-order valence-corrected chi connectivity index (χ1v) is 21.4. The Hall–Kier alpha value is -3.30. The Morgan fingerprint density at radius 1 is 0.833 bits per heavy atom. The van der Waals surface area contributed by atoms with E-state index in [0.717, 1.165) is 50.0 Å². The molecule has 0 aromatic heterocycles. The largest absolute Gasteiger partial charge is 0.494 e. The number of aliphatic imine (C=N–C) groups is 1. The summed E-state index contributed by atoms with van der Waals surface area (Å²) in [4.78, 5) is 36.7. The Balaban J connectivity index is 1.47. The SMILES string of the molecule is CCCCCCCCCCCCCCCc1cccc(OCC)c1C1C(C(=O)OC(C)C)C(C)=NC(=S)N1C(=O)OC1CCN(Cc2ccccc2)CC1. The van der Waals surface area contributed by atoms with Gasteiger partial charge in [0.25, 0.3) is 0 Å². The Bertz CT molecular complexity index is 1470. The van der Waals surface area contributed by atoms with Crippen LogP contribution >= 0.6 is 12.2 Å². The lowest BCUT2D eigenvalue weighted by Gasteiger charge is -2.40. The second kappa shape index (κ2) is 23.6. The fourth-order valence-corrected chi connectivity index (χ4v) is 8.18. The molecule has 0 saturated carbocycles. The number of amides is 1. The zero-order valence-electron chi connectivity index (χ0n) is 33.9. The van der Waals surface area contributed by atoms with Gasteiger partial charge in [-0.1, -0.05) is 126 Å². The van der Waals surface area contributed by atoms with Gasteiger partial charge >= 0.3 is 12.1 Å². The second-order valence-electron chi connectivity index (χ2n) is 15.4. The molecule has 0 N–H and O–H groups in total. The average Bonchev–Trinajstić information content (AvgIpc) is 3.14. The topological polar surface area (TPSA) is 80.7 Å². The van der Waals surface area contributed by atoms with Crippen LogP contribution in [0.15, 0.2) is 53.5 Å². The lowest BCUT2D eigenvalue weighted by Crippen LogP contribution is -2.51. The predicted octanol–water partition coefficient (Wildman–Crippen LogP) is 11.2. The van der Waals surface area contributed by atoms with Crippen molar-refractivity contribution in [2.45, 2.75) is 162 Å². The zero-order valence-corrected chi connectivity index (χ0v) is 34.7. The highest BCUT2D eigenvalue weighted by Gasteiger charge is 2.47. The number of likely N-dealkylation sites (tertiary alicyclic amines) is 1. The van der Waals surface area contributed by atoms with Crippen molar-refractivity contribution in [3.05, 3.63) is 65.2 Å². The van der Waals surface area contributed by atoms with Crippen LogP contribution in [0.4, 0.5) is 4.79 Å². The summed E-state index contributed by atoms with van der Waals surface area (Å²) >= 11 is 5.83. The van der Waals surface area contributed by atoms with Crippen LogP contribution < -0.4 is 4.74 Å². The van der Waals surface area contributed by atoms with Crippen molar-refractivity contribution in [2.75, 3.05) is 19.7 Å². The minimum absolute atomic E-state index is 0.0934. The summed E-state index contributed by atoms with van der Waals surface area (Å²) in [5, 5.41) is 0.0934. The molecule has 2 aliphatic heterocycles. The summed E-state index contributed by atoms with van der Waals surface area (Å²) in [7, 11) is 0. The van der Waals surface area contributed by atoms with Crippen molar-refractivity contribution in [2.24, 2.45) is 10.9 Å².